The summed E-state index contributed by atoms with van der Waals surface area (Å²) in [6.07, 6.45) is 1.31. The highest BCUT2D eigenvalue weighted by Crippen LogP contribution is 2.14. The monoisotopic (exact) mass is 252 g/mol. The second-order valence-corrected chi connectivity index (χ2v) is 3.46. The number of hydrogen-bond donors (Lipinski definition) is 0. The van der Waals surface area contributed by atoms with Crippen molar-refractivity contribution in [3.8, 4) is 0 Å². The summed E-state index contributed by atoms with van der Waals surface area (Å²) in [6.45, 7) is 0. The third-order valence-corrected chi connectivity index (χ3v) is 2.20. The van der Waals surface area contributed by atoms with Crippen molar-refractivity contribution in [3.63, 3.8) is 0 Å². The first-order valence-electron chi connectivity index (χ1n) is 3.84. The van der Waals surface area contributed by atoms with Crippen LogP contribution in [0.25, 0.3) is 0 Å². The molecule has 0 aromatic heterocycles. The number of hydrogen-bond acceptors (Lipinski definition) is 0. The van der Waals surface area contributed by atoms with E-state index in [1.165, 1.54) is 0 Å². The topological polar surface area (TPSA) is 0 Å². The standard InChI is InChI=1S/C9H8BrF3/c10-3-1-2-6-4-7(11)9(13)8(12)5-6/h4-5H,1-3H2. The predicted molar refractivity (Wildman–Crippen MR) is 48.4 cm³/mol. The lowest BCUT2D eigenvalue weighted by molar-refractivity contribution is 0.445. The Balaban J connectivity index is 2.86. The van der Waals surface area contributed by atoms with Gasteiger partial charge >= 0.3 is 0 Å². The van der Waals surface area contributed by atoms with Crippen molar-refractivity contribution in [3.05, 3.63) is 35.1 Å². The summed E-state index contributed by atoms with van der Waals surface area (Å²) < 4.78 is 37.8. The number of aryl methyl sites for hydroxylation is 1. The van der Waals surface area contributed by atoms with Gasteiger partial charge in [-0.1, -0.05) is 15.9 Å². The number of alkyl halides is 1. The molecule has 0 aliphatic carbocycles. The van der Waals surface area contributed by atoms with Crippen molar-refractivity contribution in [1.29, 1.82) is 0 Å². The molecule has 0 atom stereocenters. The van der Waals surface area contributed by atoms with Crippen molar-refractivity contribution < 1.29 is 13.2 Å². The van der Waals surface area contributed by atoms with Crippen LogP contribution < -0.4 is 0 Å². The van der Waals surface area contributed by atoms with E-state index in [-0.39, 0.29) is 0 Å². The van der Waals surface area contributed by atoms with Crippen LogP contribution in [-0.2, 0) is 6.42 Å². The molecule has 0 nitrogen and oxygen atoms in total. The second kappa shape index (κ2) is 4.65. The third kappa shape index (κ3) is 2.72. The molecule has 0 radical (unpaired) electrons. The first-order chi connectivity index (χ1) is 6.15. The van der Waals surface area contributed by atoms with Crippen LogP contribution in [-0.4, -0.2) is 5.33 Å². The van der Waals surface area contributed by atoms with Gasteiger partial charge in [0.25, 0.3) is 0 Å². The average Bonchev–Trinajstić information content (AvgIpc) is 2.10. The van der Waals surface area contributed by atoms with Gasteiger partial charge in [0.05, 0.1) is 0 Å². The normalized spacial score (nSPS) is 10.5. The Morgan fingerprint density at radius 1 is 1.08 bits per heavy atom. The highest BCUT2D eigenvalue weighted by atomic mass is 79.9. The van der Waals surface area contributed by atoms with Gasteiger partial charge in [0.2, 0.25) is 0 Å². The van der Waals surface area contributed by atoms with Crippen LogP contribution in [0.4, 0.5) is 13.2 Å². The van der Waals surface area contributed by atoms with Gasteiger partial charge in [-0.15, -0.1) is 0 Å². The minimum Gasteiger partial charge on any atom is -0.204 e. The van der Waals surface area contributed by atoms with E-state index in [2.05, 4.69) is 15.9 Å². The molecule has 0 spiro atoms. The quantitative estimate of drug-likeness (QED) is 0.571. The van der Waals surface area contributed by atoms with E-state index in [9.17, 15) is 13.2 Å². The predicted octanol–water partition coefficient (Wildman–Crippen LogP) is 3.43. The summed E-state index contributed by atoms with van der Waals surface area (Å²) in [5.41, 5.74) is 0.482. The highest BCUT2D eigenvalue weighted by Gasteiger charge is 2.09. The molecular formula is C9H8BrF3. The van der Waals surface area contributed by atoms with E-state index in [0.29, 0.717) is 12.0 Å². The SMILES string of the molecule is Fc1cc(CCCBr)cc(F)c1F. The Morgan fingerprint density at radius 2 is 1.62 bits per heavy atom. The lowest BCUT2D eigenvalue weighted by atomic mass is 10.1. The number of benzene rings is 1. The average molecular weight is 253 g/mol. The maximum Gasteiger partial charge on any atom is 0.194 e. The van der Waals surface area contributed by atoms with Crippen LogP contribution in [0, 0.1) is 17.5 Å². The lowest BCUT2D eigenvalue weighted by Gasteiger charge is -2.01. The van der Waals surface area contributed by atoms with Gasteiger partial charge in [0, 0.05) is 5.33 Å². The molecule has 13 heavy (non-hydrogen) atoms. The summed E-state index contributed by atoms with van der Waals surface area (Å²) in [6, 6.07) is 2.06. The first kappa shape index (κ1) is 10.6. The number of rotatable bonds is 3. The molecule has 0 unspecified atom stereocenters. The molecule has 0 N–H and O–H groups in total. The summed E-state index contributed by atoms with van der Waals surface area (Å²) in [5, 5.41) is 0.758. The van der Waals surface area contributed by atoms with E-state index < -0.39 is 17.5 Å². The van der Waals surface area contributed by atoms with Gasteiger partial charge in [-0.3, -0.25) is 0 Å². The van der Waals surface area contributed by atoms with E-state index in [0.717, 1.165) is 23.9 Å². The molecule has 1 aromatic carbocycles. The summed E-state index contributed by atoms with van der Waals surface area (Å²) in [4.78, 5) is 0. The van der Waals surface area contributed by atoms with Crippen LogP contribution in [0.3, 0.4) is 0 Å². The van der Waals surface area contributed by atoms with Gasteiger partial charge in [-0.05, 0) is 30.5 Å². The van der Waals surface area contributed by atoms with Gasteiger partial charge < -0.3 is 0 Å². The third-order valence-electron chi connectivity index (χ3n) is 1.64. The van der Waals surface area contributed by atoms with Gasteiger partial charge in [-0.2, -0.15) is 0 Å². The number of halogens is 4. The highest BCUT2D eigenvalue weighted by molar-refractivity contribution is 9.09. The van der Waals surface area contributed by atoms with E-state index in [4.69, 9.17) is 0 Å². The molecule has 1 aromatic rings. The molecule has 0 bridgehead atoms. The Morgan fingerprint density at radius 3 is 2.08 bits per heavy atom. The van der Waals surface area contributed by atoms with Crippen LogP contribution in [0.5, 0.6) is 0 Å². The molecule has 0 saturated carbocycles. The van der Waals surface area contributed by atoms with E-state index in [1.54, 1.807) is 0 Å². The fraction of sp³-hybridized carbons (Fsp3) is 0.333. The van der Waals surface area contributed by atoms with E-state index >= 15 is 0 Å². The largest absolute Gasteiger partial charge is 0.204 e. The Hall–Kier alpha value is -0.510. The Labute approximate surface area is 82.9 Å². The van der Waals surface area contributed by atoms with Crippen molar-refractivity contribution in [2.75, 3.05) is 5.33 Å². The molecule has 0 heterocycles. The van der Waals surface area contributed by atoms with Crippen LogP contribution >= 0.6 is 15.9 Å². The molecule has 0 aliphatic heterocycles. The van der Waals surface area contributed by atoms with Crippen molar-refractivity contribution in [2.45, 2.75) is 12.8 Å². The zero-order chi connectivity index (χ0) is 9.84. The van der Waals surface area contributed by atoms with Gasteiger partial charge in [-0.25, -0.2) is 13.2 Å². The molecule has 0 aliphatic rings. The smallest absolute Gasteiger partial charge is 0.194 e. The first-order valence-corrected chi connectivity index (χ1v) is 4.96. The molecular weight excluding hydrogens is 245 g/mol. The molecule has 0 saturated heterocycles. The minimum absolute atomic E-state index is 0.482. The van der Waals surface area contributed by atoms with Crippen LogP contribution in [0.15, 0.2) is 12.1 Å². The fourth-order valence-corrected chi connectivity index (χ4v) is 1.30. The Kier molecular flexibility index (Phi) is 3.78. The summed E-state index contributed by atoms with van der Waals surface area (Å²) in [5.74, 6) is -3.64. The maximum atomic E-state index is 12.6. The molecule has 1 rings (SSSR count). The van der Waals surface area contributed by atoms with Gasteiger partial charge in [0.1, 0.15) is 0 Å². The van der Waals surface area contributed by atoms with Crippen LogP contribution in [0.1, 0.15) is 12.0 Å². The Bertz CT molecular complexity index is 276. The maximum absolute atomic E-state index is 12.6. The minimum atomic E-state index is -1.40. The molecule has 0 fully saturated rings. The molecule has 72 valence electrons. The molecule has 4 heteroatoms. The summed E-state index contributed by atoms with van der Waals surface area (Å²) >= 11 is 3.20. The van der Waals surface area contributed by atoms with Crippen molar-refractivity contribution in [2.24, 2.45) is 0 Å². The van der Waals surface area contributed by atoms with Crippen molar-refractivity contribution in [1.82, 2.24) is 0 Å². The zero-order valence-electron chi connectivity index (χ0n) is 6.79. The van der Waals surface area contributed by atoms with Crippen LogP contribution in [0.2, 0.25) is 0 Å². The lowest BCUT2D eigenvalue weighted by Crippen LogP contribution is -1.95. The van der Waals surface area contributed by atoms with E-state index in [1.807, 2.05) is 0 Å². The fourth-order valence-electron chi connectivity index (χ4n) is 1.02. The molecule has 0 amide bonds. The van der Waals surface area contributed by atoms with Crippen molar-refractivity contribution >= 4 is 15.9 Å². The summed E-state index contributed by atoms with van der Waals surface area (Å²) in [7, 11) is 0. The van der Waals surface area contributed by atoms with Gasteiger partial charge in [0.15, 0.2) is 17.5 Å². The zero-order valence-corrected chi connectivity index (χ0v) is 8.37. The second-order valence-electron chi connectivity index (χ2n) is 2.67.